The zero-order chi connectivity index (χ0) is 23.4. The molecule has 1 heterocycles. The van der Waals surface area contributed by atoms with Crippen molar-refractivity contribution in [2.45, 2.75) is 59.6 Å². The Balaban J connectivity index is 0.00000961. The summed E-state index contributed by atoms with van der Waals surface area (Å²) >= 11 is 0. The number of hydrogen-bond donors (Lipinski definition) is 3. The number of hydrogen-bond acceptors (Lipinski definition) is 5. The Morgan fingerprint density at radius 2 is 1.94 bits per heavy atom. The Bertz CT molecular complexity index is 702. The molecule has 9 nitrogen and oxygen atoms in total. The highest BCUT2D eigenvalue weighted by Crippen LogP contribution is 2.11. The topological polar surface area (TPSA) is 108 Å². The molecule has 1 atom stereocenters. The maximum absolute atomic E-state index is 12.1. The lowest BCUT2D eigenvalue weighted by Crippen LogP contribution is -2.45. The summed E-state index contributed by atoms with van der Waals surface area (Å²) in [7, 11) is 1.95. The maximum atomic E-state index is 12.1. The normalized spacial score (nSPS) is 12.6. The monoisotopic (exact) mass is 565 g/mol. The van der Waals surface area contributed by atoms with Gasteiger partial charge < -0.3 is 30.0 Å². The Morgan fingerprint density at radius 1 is 1.25 bits per heavy atom. The minimum atomic E-state index is -0.528. The molecular weight excluding hydrogens is 525 g/mol. The summed E-state index contributed by atoms with van der Waals surface area (Å²) in [4.78, 5) is 30.6. The van der Waals surface area contributed by atoms with Crippen LogP contribution in [0, 0.1) is 5.92 Å². The second kappa shape index (κ2) is 15.0. The van der Waals surface area contributed by atoms with Crippen LogP contribution >= 0.6 is 24.0 Å². The Kier molecular flexibility index (Phi) is 14.0. The molecule has 184 valence electrons. The second-order valence-corrected chi connectivity index (χ2v) is 8.68. The van der Waals surface area contributed by atoms with Crippen LogP contribution < -0.4 is 16.0 Å². The molecule has 0 saturated carbocycles. The van der Waals surface area contributed by atoms with Gasteiger partial charge in [-0.15, -0.1) is 24.0 Å². The fourth-order valence-corrected chi connectivity index (χ4v) is 2.77. The summed E-state index contributed by atoms with van der Waals surface area (Å²) in [5.41, 5.74) is -0.528. The summed E-state index contributed by atoms with van der Waals surface area (Å²) in [6, 6.07) is 3.27. The number of carbonyl (C=O) groups is 2. The molecule has 2 amide bonds. The highest BCUT2D eigenvalue weighted by molar-refractivity contribution is 14.0. The molecule has 10 heteroatoms. The molecule has 0 spiro atoms. The average Bonchev–Trinajstić information content (AvgIpc) is 3.20. The number of aliphatic imine (C=N–C) groups is 1. The fourth-order valence-electron chi connectivity index (χ4n) is 2.77. The summed E-state index contributed by atoms with van der Waals surface area (Å²) in [5.74, 6) is 1.03. The van der Waals surface area contributed by atoms with Gasteiger partial charge in [-0.05, 0) is 52.2 Å². The molecule has 3 N–H and O–H groups in total. The first kappa shape index (κ1) is 30.0. The lowest BCUT2D eigenvalue weighted by atomic mass is 10.0. The van der Waals surface area contributed by atoms with Crippen molar-refractivity contribution in [3.05, 3.63) is 24.2 Å². The van der Waals surface area contributed by atoms with Gasteiger partial charge in [0.2, 0.25) is 0 Å². The van der Waals surface area contributed by atoms with Gasteiger partial charge >= 0.3 is 6.09 Å². The van der Waals surface area contributed by atoms with E-state index in [0.717, 1.165) is 18.9 Å². The van der Waals surface area contributed by atoms with Crippen molar-refractivity contribution in [1.82, 2.24) is 20.9 Å². The minimum Gasteiger partial charge on any atom is -0.459 e. The van der Waals surface area contributed by atoms with Crippen LogP contribution in [0.15, 0.2) is 27.8 Å². The van der Waals surface area contributed by atoms with Gasteiger partial charge in [-0.2, -0.15) is 0 Å². The molecule has 1 unspecified atom stereocenters. The lowest BCUT2D eigenvalue weighted by molar-refractivity contribution is 0.0485. The molecule has 1 aromatic heterocycles. The summed E-state index contributed by atoms with van der Waals surface area (Å²) < 4.78 is 10.5. The number of halogens is 1. The van der Waals surface area contributed by atoms with Crippen molar-refractivity contribution in [2.24, 2.45) is 10.9 Å². The van der Waals surface area contributed by atoms with E-state index in [1.54, 1.807) is 12.1 Å². The van der Waals surface area contributed by atoms with E-state index in [1.807, 2.05) is 39.6 Å². The third-order valence-corrected chi connectivity index (χ3v) is 4.38. The van der Waals surface area contributed by atoms with Crippen molar-refractivity contribution in [2.75, 3.05) is 33.2 Å². The van der Waals surface area contributed by atoms with Gasteiger partial charge in [-0.1, -0.05) is 13.8 Å². The van der Waals surface area contributed by atoms with Crippen LogP contribution in [0.25, 0.3) is 0 Å². The minimum absolute atomic E-state index is 0. The van der Waals surface area contributed by atoms with Crippen LogP contribution in [0.5, 0.6) is 0 Å². The van der Waals surface area contributed by atoms with Gasteiger partial charge in [-0.25, -0.2) is 4.79 Å². The van der Waals surface area contributed by atoms with Crippen molar-refractivity contribution >= 4 is 41.9 Å². The number of alkyl carbamates (subject to hydrolysis) is 1. The van der Waals surface area contributed by atoms with E-state index < -0.39 is 11.7 Å². The summed E-state index contributed by atoms with van der Waals surface area (Å²) in [6.07, 6.45) is 1.81. The Labute approximate surface area is 209 Å². The van der Waals surface area contributed by atoms with Gasteiger partial charge in [0.25, 0.3) is 5.91 Å². The molecule has 32 heavy (non-hydrogen) atoms. The lowest BCUT2D eigenvalue weighted by Gasteiger charge is -2.28. The van der Waals surface area contributed by atoms with Crippen molar-refractivity contribution in [1.29, 1.82) is 0 Å². The van der Waals surface area contributed by atoms with E-state index in [4.69, 9.17) is 9.15 Å². The van der Waals surface area contributed by atoms with Crippen LogP contribution in [0.2, 0.25) is 0 Å². The van der Waals surface area contributed by atoms with E-state index in [-0.39, 0.29) is 47.6 Å². The summed E-state index contributed by atoms with van der Waals surface area (Å²) in [6.45, 7) is 14.0. The Hall–Kier alpha value is -1.98. The van der Waals surface area contributed by atoms with E-state index in [9.17, 15) is 9.59 Å². The van der Waals surface area contributed by atoms with E-state index in [1.165, 1.54) is 6.26 Å². The van der Waals surface area contributed by atoms with Crippen molar-refractivity contribution in [3.63, 3.8) is 0 Å². The number of nitrogens with one attached hydrogen (secondary N) is 3. The van der Waals surface area contributed by atoms with Crippen molar-refractivity contribution < 1.29 is 18.7 Å². The van der Waals surface area contributed by atoms with Gasteiger partial charge in [0.1, 0.15) is 5.60 Å². The maximum Gasteiger partial charge on any atom is 0.407 e. The number of ether oxygens (including phenoxy) is 1. The SMILES string of the molecule is CCNC(=NCCNC(=O)c1ccco1)N(C)CCC(NC(=O)OC(C)(C)C)C(C)C.I. The molecular formula is C22H40IN5O4. The number of carbonyl (C=O) groups excluding carboxylic acids is 2. The zero-order valence-corrected chi connectivity index (χ0v) is 22.7. The average molecular weight is 565 g/mol. The second-order valence-electron chi connectivity index (χ2n) is 8.68. The largest absolute Gasteiger partial charge is 0.459 e. The molecule has 0 aliphatic heterocycles. The molecule has 0 fully saturated rings. The summed E-state index contributed by atoms with van der Waals surface area (Å²) in [5, 5.41) is 9.01. The quantitative estimate of drug-likeness (QED) is 0.174. The van der Waals surface area contributed by atoms with Gasteiger partial charge in [-0.3, -0.25) is 9.79 Å². The predicted molar refractivity (Wildman–Crippen MR) is 138 cm³/mol. The van der Waals surface area contributed by atoms with E-state index >= 15 is 0 Å². The first-order valence-corrected chi connectivity index (χ1v) is 10.8. The number of amides is 2. The Morgan fingerprint density at radius 3 is 2.47 bits per heavy atom. The van der Waals surface area contributed by atoms with Crippen molar-refractivity contribution in [3.8, 4) is 0 Å². The van der Waals surface area contributed by atoms with Crippen LogP contribution in [-0.4, -0.2) is 67.7 Å². The standard InChI is InChI=1S/C22H39N5O4.HI/c1-8-23-20(25-13-12-24-19(28)18-10-9-15-30-18)27(7)14-11-17(16(2)3)26-21(29)31-22(4,5)6;/h9-10,15-17H,8,11-14H2,1-7H3,(H,23,25)(H,24,28)(H,26,29);1H. The molecule has 0 aliphatic carbocycles. The first-order chi connectivity index (χ1) is 14.5. The third kappa shape index (κ3) is 12.2. The van der Waals surface area contributed by atoms with Gasteiger partial charge in [0.05, 0.1) is 12.8 Å². The number of rotatable bonds is 10. The third-order valence-electron chi connectivity index (χ3n) is 4.38. The first-order valence-electron chi connectivity index (χ1n) is 10.8. The van der Waals surface area contributed by atoms with Crippen LogP contribution in [-0.2, 0) is 4.74 Å². The van der Waals surface area contributed by atoms with Gasteiger partial charge in [0.15, 0.2) is 11.7 Å². The zero-order valence-electron chi connectivity index (χ0n) is 20.4. The molecule has 0 bridgehead atoms. The van der Waals surface area contributed by atoms with Crippen LogP contribution in [0.3, 0.4) is 0 Å². The molecule has 0 aromatic carbocycles. The highest BCUT2D eigenvalue weighted by Gasteiger charge is 2.22. The van der Waals surface area contributed by atoms with Crippen LogP contribution in [0.4, 0.5) is 4.79 Å². The van der Waals surface area contributed by atoms with Gasteiger partial charge in [0, 0.05) is 32.7 Å². The highest BCUT2D eigenvalue weighted by atomic mass is 127. The van der Waals surface area contributed by atoms with Crippen LogP contribution in [0.1, 0.15) is 58.5 Å². The molecule has 1 rings (SSSR count). The molecule has 0 saturated heterocycles. The smallest absolute Gasteiger partial charge is 0.407 e. The van der Waals surface area contributed by atoms with E-state index in [0.29, 0.717) is 19.6 Å². The molecule has 0 aliphatic rings. The molecule has 1 aromatic rings. The fraction of sp³-hybridized carbons (Fsp3) is 0.682. The molecule has 0 radical (unpaired) electrons. The number of furan rings is 1. The van der Waals surface area contributed by atoms with E-state index in [2.05, 4.69) is 34.8 Å². The number of nitrogens with zero attached hydrogens (tertiary/aromatic N) is 2. The predicted octanol–water partition coefficient (Wildman–Crippen LogP) is 3.46. The number of guanidine groups is 1.